The molecular weight excluding hydrogens is 492 g/mol. The van der Waals surface area contributed by atoms with E-state index in [0.717, 1.165) is 11.4 Å². The molecule has 14 heteroatoms. The number of benzene rings is 1. The van der Waals surface area contributed by atoms with Gasteiger partial charge in [-0.2, -0.15) is 26.3 Å². The molecule has 0 fully saturated rings. The van der Waals surface area contributed by atoms with Crippen LogP contribution in [-0.4, -0.2) is 43.0 Å². The number of hydrogen-bond donors (Lipinski definition) is 2. The molecular formula is C20H21F6N3O4S. The van der Waals surface area contributed by atoms with Gasteiger partial charge in [0.1, 0.15) is 5.84 Å². The molecule has 0 atom stereocenters. The van der Waals surface area contributed by atoms with Crippen LogP contribution < -0.4 is 20.5 Å². The molecule has 1 aromatic carbocycles. The Labute approximate surface area is 194 Å². The zero-order valence-electron chi connectivity index (χ0n) is 17.9. The van der Waals surface area contributed by atoms with E-state index in [1.54, 1.807) is 13.8 Å². The zero-order valence-corrected chi connectivity index (χ0v) is 18.7. The third-order valence-electron chi connectivity index (χ3n) is 4.13. The van der Waals surface area contributed by atoms with Gasteiger partial charge in [0.2, 0.25) is 0 Å². The first-order valence-electron chi connectivity index (χ1n) is 9.73. The molecule has 1 amide bonds. The number of nitrogens with two attached hydrogens (primary N) is 1. The lowest BCUT2D eigenvalue weighted by Crippen LogP contribution is -2.68. The Morgan fingerprint density at radius 3 is 2.18 bits per heavy atom. The molecule has 7 nitrogen and oxygen atoms in total. The van der Waals surface area contributed by atoms with Gasteiger partial charge in [0.25, 0.3) is 5.91 Å². The molecule has 0 aliphatic rings. The molecule has 0 saturated heterocycles. The van der Waals surface area contributed by atoms with Crippen LogP contribution in [0.3, 0.4) is 0 Å². The van der Waals surface area contributed by atoms with Gasteiger partial charge in [-0.1, -0.05) is 17.3 Å². The van der Waals surface area contributed by atoms with Gasteiger partial charge in [0.15, 0.2) is 11.5 Å². The van der Waals surface area contributed by atoms with Crippen molar-refractivity contribution >= 4 is 23.1 Å². The maximum atomic E-state index is 13.6. The number of ether oxygens (including phenoxy) is 2. The summed E-state index contributed by atoms with van der Waals surface area (Å²) in [6.45, 7) is 4.08. The molecule has 1 aromatic heterocycles. The van der Waals surface area contributed by atoms with Crippen molar-refractivity contribution in [2.45, 2.75) is 38.3 Å². The predicted molar refractivity (Wildman–Crippen MR) is 112 cm³/mol. The molecule has 188 valence electrons. The van der Waals surface area contributed by atoms with Crippen LogP contribution in [0.4, 0.5) is 26.3 Å². The molecule has 2 aromatic rings. The molecule has 0 unspecified atom stereocenters. The molecule has 34 heavy (non-hydrogen) atoms. The molecule has 0 saturated carbocycles. The van der Waals surface area contributed by atoms with Crippen LogP contribution in [0.25, 0.3) is 0 Å². The standard InChI is InChI=1S/C20H21F6N3O4S/c1-3-31-13-8-7-12(10-14(13)32-4-2)11-16(27)29-33-18(19(21,22)23,20(24,25)26)28-17(30)15-6-5-9-34-15/h5-10H,3-4,11H2,1-2H3,(H2,27,29)(H,28,30). The normalized spacial score (nSPS) is 12.9. The summed E-state index contributed by atoms with van der Waals surface area (Å²) < 4.78 is 92.4. The van der Waals surface area contributed by atoms with Crippen molar-refractivity contribution in [3.8, 4) is 11.5 Å². The number of amidine groups is 1. The highest BCUT2D eigenvalue weighted by atomic mass is 32.1. The minimum absolute atomic E-state index is 0.278. The average molecular weight is 513 g/mol. The summed E-state index contributed by atoms with van der Waals surface area (Å²) in [5, 5.41) is 5.05. The fourth-order valence-corrected chi connectivity index (χ4v) is 3.25. The van der Waals surface area contributed by atoms with Gasteiger partial charge < -0.3 is 20.0 Å². The van der Waals surface area contributed by atoms with Gasteiger partial charge in [-0.15, -0.1) is 11.3 Å². The lowest BCUT2D eigenvalue weighted by atomic mass is 10.1. The quantitative estimate of drug-likeness (QED) is 0.159. The Kier molecular flexibility index (Phi) is 8.64. The topological polar surface area (TPSA) is 95.2 Å². The molecule has 1 heterocycles. The zero-order chi connectivity index (χ0) is 25.6. The Morgan fingerprint density at radius 1 is 1.03 bits per heavy atom. The van der Waals surface area contributed by atoms with Crippen LogP contribution in [0.15, 0.2) is 40.9 Å². The number of amides is 1. The Bertz CT molecular complexity index is 979. The van der Waals surface area contributed by atoms with Gasteiger partial charge in [0.05, 0.1) is 18.1 Å². The second kappa shape index (κ2) is 10.8. The number of rotatable bonds is 10. The summed E-state index contributed by atoms with van der Waals surface area (Å²) in [5.41, 5.74) is 0.780. The number of halogens is 6. The van der Waals surface area contributed by atoms with Crippen LogP contribution in [0.5, 0.6) is 11.5 Å². The summed E-state index contributed by atoms with van der Waals surface area (Å²) >= 11 is 0.644. The van der Waals surface area contributed by atoms with Gasteiger partial charge in [-0.05, 0) is 43.0 Å². The predicted octanol–water partition coefficient (Wildman–Crippen LogP) is 4.63. The summed E-state index contributed by atoms with van der Waals surface area (Å²) in [5.74, 6) is -1.66. The number of oxime groups is 1. The molecule has 2 rings (SSSR count). The number of hydrogen-bond acceptors (Lipinski definition) is 6. The van der Waals surface area contributed by atoms with Gasteiger partial charge in [-0.25, -0.2) is 0 Å². The highest BCUT2D eigenvalue weighted by Crippen LogP contribution is 2.44. The Balaban J connectivity index is 2.33. The van der Waals surface area contributed by atoms with E-state index in [1.807, 2.05) is 0 Å². The lowest BCUT2D eigenvalue weighted by molar-refractivity contribution is -0.388. The van der Waals surface area contributed by atoms with E-state index >= 15 is 0 Å². The van der Waals surface area contributed by atoms with Crippen molar-refractivity contribution in [2.75, 3.05) is 13.2 Å². The van der Waals surface area contributed by atoms with Crippen LogP contribution >= 0.6 is 11.3 Å². The number of nitrogens with one attached hydrogen (secondary N) is 1. The summed E-state index contributed by atoms with van der Waals surface area (Å²) in [4.78, 5) is 15.6. The van der Waals surface area contributed by atoms with Crippen molar-refractivity contribution in [3.63, 3.8) is 0 Å². The minimum Gasteiger partial charge on any atom is -0.490 e. The number of carbonyl (C=O) groups is 1. The third kappa shape index (κ3) is 6.24. The second-order valence-corrected chi connectivity index (χ2v) is 7.55. The van der Waals surface area contributed by atoms with Crippen LogP contribution in [0, 0.1) is 0 Å². The highest BCUT2D eigenvalue weighted by Gasteiger charge is 2.76. The van der Waals surface area contributed by atoms with E-state index in [9.17, 15) is 31.1 Å². The largest absolute Gasteiger partial charge is 0.490 e. The first-order chi connectivity index (χ1) is 15.8. The summed E-state index contributed by atoms with van der Waals surface area (Å²) in [7, 11) is 0. The van der Waals surface area contributed by atoms with Crippen LogP contribution in [-0.2, 0) is 11.3 Å². The minimum atomic E-state index is -6.12. The molecule has 0 bridgehead atoms. The van der Waals surface area contributed by atoms with E-state index in [4.69, 9.17) is 15.2 Å². The highest BCUT2D eigenvalue weighted by molar-refractivity contribution is 7.12. The fraction of sp³-hybridized carbons (Fsp3) is 0.400. The Morgan fingerprint density at radius 2 is 1.65 bits per heavy atom. The molecule has 0 radical (unpaired) electrons. The summed E-state index contributed by atoms with van der Waals surface area (Å²) in [6, 6.07) is 6.78. The van der Waals surface area contributed by atoms with Crippen molar-refractivity contribution in [2.24, 2.45) is 10.9 Å². The maximum absolute atomic E-state index is 13.6. The lowest BCUT2D eigenvalue weighted by Gasteiger charge is -2.34. The smallest absolute Gasteiger partial charge is 0.461 e. The van der Waals surface area contributed by atoms with Crippen LogP contribution in [0.1, 0.15) is 29.1 Å². The summed E-state index contributed by atoms with van der Waals surface area (Å²) in [6.07, 6.45) is -12.6. The monoisotopic (exact) mass is 513 g/mol. The van der Waals surface area contributed by atoms with Crippen LogP contribution in [0.2, 0.25) is 0 Å². The third-order valence-corrected chi connectivity index (χ3v) is 4.99. The SMILES string of the molecule is CCOc1ccc(CC(N)=NOC(NC(=O)c2cccs2)(C(F)(F)F)C(F)(F)F)cc1OCC. The van der Waals surface area contributed by atoms with Gasteiger partial charge >= 0.3 is 18.1 Å². The first-order valence-corrected chi connectivity index (χ1v) is 10.6. The second-order valence-electron chi connectivity index (χ2n) is 6.61. The maximum Gasteiger partial charge on any atom is 0.461 e. The number of carbonyl (C=O) groups excluding carboxylic acids is 1. The average Bonchev–Trinajstić information content (AvgIpc) is 3.26. The molecule has 0 aliphatic carbocycles. The van der Waals surface area contributed by atoms with Crippen molar-refractivity contribution in [3.05, 3.63) is 46.2 Å². The van der Waals surface area contributed by atoms with E-state index < -0.39 is 34.7 Å². The van der Waals surface area contributed by atoms with E-state index in [2.05, 4.69) is 9.99 Å². The van der Waals surface area contributed by atoms with Crippen molar-refractivity contribution in [1.82, 2.24) is 5.32 Å². The van der Waals surface area contributed by atoms with Gasteiger partial charge in [-0.3, -0.25) is 10.1 Å². The molecule has 3 N–H and O–H groups in total. The number of alkyl halides is 6. The Hall–Kier alpha value is -3.16. The van der Waals surface area contributed by atoms with Crippen molar-refractivity contribution < 1.29 is 45.4 Å². The fourth-order valence-electron chi connectivity index (χ4n) is 2.63. The molecule has 0 aliphatic heterocycles. The van der Waals surface area contributed by atoms with E-state index in [-0.39, 0.29) is 13.0 Å². The van der Waals surface area contributed by atoms with E-state index in [1.165, 1.54) is 29.6 Å². The molecule has 0 spiro atoms. The van der Waals surface area contributed by atoms with E-state index in [0.29, 0.717) is 35.0 Å². The first kappa shape index (κ1) is 27.1. The number of nitrogens with zero attached hydrogens (tertiary/aromatic N) is 1. The number of thiophene rings is 1. The van der Waals surface area contributed by atoms with Gasteiger partial charge in [0, 0.05) is 6.42 Å². The van der Waals surface area contributed by atoms with Crippen molar-refractivity contribution in [1.29, 1.82) is 0 Å².